The van der Waals surface area contributed by atoms with E-state index < -0.39 is 5.97 Å². The van der Waals surface area contributed by atoms with E-state index in [1.54, 1.807) is 18.2 Å². The molecule has 2 aliphatic rings. The van der Waals surface area contributed by atoms with Crippen molar-refractivity contribution in [1.29, 1.82) is 0 Å². The first kappa shape index (κ1) is 21.1. The van der Waals surface area contributed by atoms with Gasteiger partial charge in [0.15, 0.2) is 11.5 Å². The first-order valence-corrected chi connectivity index (χ1v) is 10.5. The Morgan fingerprint density at radius 2 is 1.31 bits per heavy atom. The topological polar surface area (TPSA) is 89.9 Å². The maximum atomic E-state index is 12.6. The Labute approximate surface area is 170 Å². The lowest BCUT2D eigenvalue weighted by Gasteiger charge is -2.22. The third-order valence-electron chi connectivity index (χ3n) is 5.68. The van der Waals surface area contributed by atoms with E-state index >= 15 is 0 Å². The molecule has 0 saturated heterocycles. The Morgan fingerprint density at radius 1 is 0.793 bits per heavy atom. The second kappa shape index (κ2) is 10.2. The minimum Gasteiger partial charge on any atom is -0.478 e. The number of aliphatic carboxylic acids is 1. The van der Waals surface area contributed by atoms with Gasteiger partial charge in [0.25, 0.3) is 0 Å². The number of carboxylic acid groups (broad SMARTS) is 1. The number of hydrogen-bond acceptors (Lipinski definition) is 5. The third-order valence-corrected chi connectivity index (χ3v) is 5.68. The van der Waals surface area contributed by atoms with Crippen molar-refractivity contribution in [3.63, 3.8) is 0 Å². The maximum Gasteiger partial charge on any atom is 0.328 e. The lowest BCUT2D eigenvalue weighted by atomic mass is 9.89. The van der Waals surface area contributed by atoms with Gasteiger partial charge in [0.2, 0.25) is 0 Å². The fraction of sp³-hybridized carbons (Fsp3) is 0.522. The van der Waals surface area contributed by atoms with E-state index in [0.717, 1.165) is 70.3 Å². The summed E-state index contributed by atoms with van der Waals surface area (Å²) in [6.07, 6.45) is 12.0. The monoisotopic (exact) mass is 400 g/mol. The van der Waals surface area contributed by atoms with Crippen LogP contribution in [-0.4, -0.2) is 23.0 Å². The summed E-state index contributed by atoms with van der Waals surface area (Å²) in [7, 11) is 0. The van der Waals surface area contributed by atoms with Gasteiger partial charge in [-0.05, 0) is 49.5 Å². The molecular formula is C23H28O6. The first-order valence-electron chi connectivity index (χ1n) is 10.5. The van der Waals surface area contributed by atoms with Crippen LogP contribution in [0.3, 0.4) is 0 Å². The van der Waals surface area contributed by atoms with Crippen LogP contribution >= 0.6 is 0 Å². The second-order valence-corrected chi connectivity index (χ2v) is 7.89. The van der Waals surface area contributed by atoms with Crippen molar-refractivity contribution >= 4 is 24.0 Å². The van der Waals surface area contributed by atoms with Gasteiger partial charge in [0.05, 0.1) is 11.8 Å². The quantitative estimate of drug-likeness (QED) is 0.421. The predicted octanol–water partition coefficient (Wildman–Crippen LogP) is 4.76. The van der Waals surface area contributed by atoms with Crippen LogP contribution in [0.4, 0.5) is 0 Å². The van der Waals surface area contributed by atoms with Crippen LogP contribution in [0.2, 0.25) is 0 Å². The molecule has 0 unspecified atom stereocenters. The number of carbonyl (C=O) groups excluding carboxylic acids is 2. The van der Waals surface area contributed by atoms with Crippen molar-refractivity contribution in [1.82, 2.24) is 0 Å². The summed E-state index contributed by atoms with van der Waals surface area (Å²) < 4.78 is 11.2. The molecule has 1 aromatic carbocycles. The summed E-state index contributed by atoms with van der Waals surface area (Å²) in [5, 5.41) is 8.84. The van der Waals surface area contributed by atoms with Gasteiger partial charge in [0.1, 0.15) is 0 Å². The number of hydrogen-bond donors (Lipinski definition) is 1. The van der Waals surface area contributed by atoms with E-state index in [4.69, 9.17) is 14.6 Å². The Morgan fingerprint density at radius 3 is 1.83 bits per heavy atom. The molecule has 156 valence electrons. The van der Waals surface area contributed by atoms with Gasteiger partial charge in [0, 0.05) is 6.08 Å². The van der Waals surface area contributed by atoms with Crippen LogP contribution in [-0.2, 0) is 14.4 Å². The first-order chi connectivity index (χ1) is 14.0. The average Bonchev–Trinajstić information content (AvgIpc) is 2.75. The van der Waals surface area contributed by atoms with Crippen molar-refractivity contribution in [3.8, 4) is 11.5 Å². The summed E-state index contributed by atoms with van der Waals surface area (Å²) in [5.41, 5.74) is 0.552. The largest absolute Gasteiger partial charge is 0.478 e. The zero-order valence-electron chi connectivity index (χ0n) is 16.6. The number of esters is 2. The molecule has 0 amide bonds. The van der Waals surface area contributed by atoms with Gasteiger partial charge in [-0.25, -0.2) is 4.79 Å². The van der Waals surface area contributed by atoms with Crippen molar-refractivity contribution in [2.45, 2.75) is 64.2 Å². The summed E-state index contributed by atoms with van der Waals surface area (Å²) in [6, 6.07) is 4.75. The molecular weight excluding hydrogens is 372 g/mol. The van der Waals surface area contributed by atoms with Crippen LogP contribution < -0.4 is 9.47 Å². The molecule has 0 spiro atoms. The summed E-state index contributed by atoms with van der Waals surface area (Å²) in [5.74, 6) is -1.60. The molecule has 2 saturated carbocycles. The molecule has 0 atom stereocenters. The lowest BCUT2D eigenvalue weighted by Crippen LogP contribution is -2.25. The Kier molecular flexibility index (Phi) is 7.44. The molecule has 0 radical (unpaired) electrons. The Bertz CT molecular complexity index is 770. The van der Waals surface area contributed by atoms with E-state index in [1.165, 1.54) is 6.08 Å². The van der Waals surface area contributed by atoms with E-state index in [2.05, 4.69) is 0 Å². The summed E-state index contributed by atoms with van der Waals surface area (Å²) in [4.78, 5) is 36.0. The van der Waals surface area contributed by atoms with Crippen LogP contribution in [0, 0.1) is 11.8 Å². The minimum atomic E-state index is -1.07. The molecule has 0 aliphatic heterocycles. The molecule has 0 heterocycles. The van der Waals surface area contributed by atoms with Gasteiger partial charge in [-0.2, -0.15) is 0 Å². The smallest absolute Gasteiger partial charge is 0.328 e. The molecule has 0 bridgehead atoms. The number of carbonyl (C=O) groups is 3. The van der Waals surface area contributed by atoms with Crippen LogP contribution in [0.25, 0.3) is 6.08 Å². The molecule has 6 heteroatoms. The lowest BCUT2D eigenvalue weighted by molar-refractivity contribution is -0.142. The highest BCUT2D eigenvalue weighted by molar-refractivity contribution is 5.86. The highest BCUT2D eigenvalue weighted by Crippen LogP contribution is 2.34. The molecule has 3 rings (SSSR count). The number of carboxylic acids is 1. The normalized spacial score (nSPS) is 18.5. The van der Waals surface area contributed by atoms with E-state index in [1.807, 2.05) is 0 Å². The van der Waals surface area contributed by atoms with E-state index in [-0.39, 0.29) is 35.3 Å². The van der Waals surface area contributed by atoms with Gasteiger partial charge in [-0.15, -0.1) is 0 Å². The van der Waals surface area contributed by atoms with E-state index in [0.29, 0.717) is 5.56 Å². The van der Waals surface area contributed by atoms with Crippen molar-refractivity contribution < 1.29 is 29.0 Å². The standard InChI is InChI=1S/C23H28O6/c24-21(25)14-12-16-11-13-19(28-22(26)17-7-3-1-4-8-17)20(15-16)29-23(27)18-9-5-2-6-10-18/h11-15,17-18H,1-10H2,(H,24,25)/b14-12+. The zero-order valence-corrected chi connectivity index (χ0v) is 16.6. The fourth-order valence-corrected chi connectivity index (χ4v) is 4.02. The summed E-state index contributed by atoms with van der Waals surface area (Å²) in [6.45, 7) is 0. The maximum absolute atomic E-state index is 12.6. The molecule has 1 aromatic rings. The van der Waals surface area contributed by atoms with Crippen molar-refractivity contribution in [3.05, 3.63) is 29.8 Å². The number of rotatable bonds is 6. The number of ether oxygens (including phenoxy) is 2. The minimum absolute atomic E-state index is 0.128. The Balaban J connectivity index is 1.78. The zero-order chi connectivity index (χ0) is 20.6. The molecule has 29 heavy (non-hydrogen) atoms. The molecule has 2 fully saturated rings. The number of benzene rings is 1. The third kappa shape index (κ3) is 6.17. The van der Waals surface area contributed by atoms with Gasteiger partial charge in [-0.3, -0.25) is 9.59 Å². The van der Waals surface area contributed by atoms with Gasteiger partial charge >= 0.3 is 17.9 Å². The second-order valence-electron chi connectivity index (χ2n) is 7.89. The molecule has 1 N–H and O–H groups in total. The highest BCUT2D eigenvalue weighted by Gasteiger charge is 2.27. The SMILES string of the molecule is O=C(O)/C=C/c1ccc(OC(=O)C2CCCCC2)c(OC(=O)C2CCCCC2)c1. The van der Waals surface area contributed by atoms with Gasteiger partial charge < -0.3 is 14.6 Å². The summed E-state index contributed by atoms with van der Waals surface area (Å²) >= 11 is 0. The predicted molar refractivity (Wildman–Crippen MR) is 108 cm³/mol. The van der Waals surface area contributed by atoms with Crippen LogP contribution in [0.15, 0.2) is 24.3 Å². The Hall–Kier alpha value is -2.63. The van der Waals surface area contributed by atoms with E-state index in [9.17, 15) is 14.4 Å². The fourth-order valence-electron chi connectivity index (χ4n) is 4.02. The van der Waals surface area contributed by atoms with Crippen LogP contribution in [0.5, 0.6) is 11.5 Å². The average molecular weight is 400 g/mol. The molecule has 2 aliphatic carbocycles. The van der Waals surface area contributed by atoms with Crippen molar-refractivity contribution in [2.24, 2.45) is 11.8 Å². The molecule has 0 aromatic heterocycles. The van der Waals surface area contributed by atoms with Crippen molar-refractivity contribution in [2.75, 3.05) is 0 Å². The molecule has 6 nitrogen and oxygen atoms in total. The van der Waals surface area contributed by atoms with Gasteiger partial charge in [-0.1, -0.05) is 44.6 Å². The highest BCUT2D eigenvalue weighted by atomic mass is 16.6. The van der Waals surface area contributed by atoms with Crippen LogP contribution in [0.1, 0.15) is 69.8 Å².